The zero-order valence-electron chi connectivity index (χ0n) is 22.3. The monoisotopic (exact) mass is 465 g/mol. The Kier molecular flexibility index (Phi) is 11.1. The van der Waals surface area contributed by atoms with E-state index in [1.165, 1.54) is 6.92 Å². The molecule has 33 heavy (non-hydrogen) atoms. The van der Waals surface area contributed by atoms with Gasteiger partial charge in [-0.05, 0) is 50.5 Å². The molecule has 0 bridgehead atoms. The number of carboxylic acid groups (broad SMARTS) is 1. The molecule has 0 aromatic heterocycles. The van der Waals surface area contributed by atoms with Crippen molar-refractivity contribution in [2.24, 2.45) is 11.3 Å². The SMILES string of the molecule is CCC(CC)N1CCCC[C@@H]1C(=O)N[C@H](C(=O)N(C)[C@H](/C=C(\C)C(=O)O)C(C)C)C(C)(C)C. The van der Waals surface area contributed by atoms with Crippen molar-refractivity contribution in [2.75, 3.05) is 13.6 Å². The van der Waals surface area contributed by atoms with E-state index in [9.17, 15) is 19.5 Å². The number of carboxylic acids is 1. The van der Waals surface area contributed by atoms with Crippen molar-refractivity contribution in [1.29, 1.82) is 0 Å². The molecule has 3 atom stereocenters. The minimum atomic E-state index is -0.999. The number of hydrogen-bond acceptors (Lipinski definition) is 4. The fourth-order valence-corrected chi connectivity index (χ4v) is 4.75. The maximum Gasteiger partial charge on any atom is 0.331 e. The molecule has 0 unspecified atom stereocenters. The lowest BCUT2D eigenvalue weighted by Crippen LogP contribution is -2.61. The number of piperidine rings is 1. The average Bonchev–Trinajstić information content (AvgIpc) is 2.74. The Morgan fingerprint density at radius 1 is 1.15 bits per heavy atom. The standard InChI is InChI=1S/C26H47N3O4/c1-10-19(11-2)29-15-13-12-14-20(29)23(30)27-22(26(6,7)8)24(31)28(9)21(17(3)4)16-18(5)25(32)33/h16-17,19-22H,10-15H2,1-9H3,(H,27,30)(H,32,33)/b18-16+/t20-,21-,22-/m1/s1. The normalized spacial score (nSPS) is 20.0. The summed E-state index contributed by atoms with van der Waals surface area (Å²) in [6, 6.07) is -0.949. The fraction of sp³-hybridized carbons (Fsp3) is 0.808. The molecule has 0 saturated carbocycles. The first kappa shape index (κ1) is 29.1. The minimum absolute atomic E-state index is 0.0215. The third kappa shape index (κ3) is 7.83. The maximum atomic E-state index is 13.7. The average molecular weight is 466 g/mol. The maximum absolute atomic E-state index is 13.7. The van der Waals surface area contributed by atoms with Gasteiger partial charge in [-0.15, -0.1) is 0 Å². The Labute approximate surface area is 201 Å². The van der Waals surface area contributed by atoms with Crippen LogP contribution in [0.25, 0.3) is 0 Å². The second-order valence-electron chi connectivity index (χ2n) is 10.9. The number of hydrogen-bond donors (Lipinski definition) is 2. The lowest BCUT2D eigenvalue weighted by Gasteiger charge is -2.42. The van der Waals surface area contributed by atoms with Crippen LogP contribution in [0.5, 0.6) is 0 Å². The van der Waals surface area contributed by atoms with Crippen molar-refractivity contribution in [3.8, 4) is 0 Å². The predicted molar refractivity (Wildman–Crippen MR) is 133 cm³/mol. The first-order valence-electron chi connectivity index (χ1n) is 12.5. The fourth-order valence-electron chi connectivity index (χ4n) is 4.75. The van der Waals surface area contributed by atoms with Crippen LogP contribution < -0.4 is 5.32 Å². The number of likely N-dealkylation sites (N-methyl/N-ethyl adjacent to an activating group) is 1. The van der Waals surface area contributed by atoms with E-state index in [1.807, 2.05) is 34.6 Å². The highest BCUT2D eigenvalue weighted by atomic mass is 16.4. The van der Waals surface area contributed by atoms with Crippen LogP contribution in [0.1, 0.15) is 87.5 Å². The molecule has 0 aliphatic carbocycles. The summed E-state index contributed by atoms with van der Waals surface area (Å²) in [6.45, 7) is 16.5. The first-order chi connectivity index (χ1) is 15.3. The lowest BCUT2D eigenvalue weighted by molar-refractivity contribution is -0.142. The van der Waals surface area contributed by atoms with Crippen molar-refractivity contribution < 1.29 is 19.5 Å². The molecule has 7 nitrogen and oxygen atoms in total. The molecule has 0 aromatic carbocycles. The molecule has 0 aromatic rings. The van der Waals surface area contributed by atoms with Crippen molar-refractivity contribution in [2.45, 2.75) is 112 Å². The number of aliphatic carboxylic acids is 1. The molecular weight excluding hydrogens is 418 g/mol. The largest absolute Gasteiger partial charge is 0.478 e. The van der Waals surface area contributed by atoms with Gasteiger partial charge in [0.05, 0.1) is 12.1 Å². The number of carbonyl (C=O) groups is 3. The highest BCUT2D eigenvalue weighted by Crippen LogP contribution is 2.26. The van der Waals surface area contributed by atoms with Crippen LogP contribution in [-0.2, 0) is 14.4 Å². The van der Waals surface area contributed by atoms with Crippen molar-refractivity contribution in [3.05, 3.63) is 11.6 Å². The second kappa shape index (κ2) is 12.5. The van der Waals surface area contributed by atoms with Gasteiger partial charge in [0.25, 0.3) is 0 Å². The Morgan fingerprint density at radius 2 is 1.73 bits per heavy atom. The van der Waals surface area contributed by atoms with E-state index in [2.05, 4.69) is 24.1 Å². The smallest absolute Gasteiger partial charge is 0.331 e. The highest BCUT2D eigenvalue weighted by Gasteiger charge is 2.40. The number of carbonyl (C=O) groups excluding carboxylic acids is 2. The van der Waals surface area contributed by atoms with Gasteiger partial charge in [0.1, 0.15) is 6.04 Å². The van der Waals surface area contributed by atoms with E-state index >= 15 is 0 Å². The van der Waals surface area contributed by atoms with Gasteiger partial charge in [0, 0.05) is 18.7 Å². The molecule has 2 amide bonds. The summed E-state index contributed by atoms with van der Waals surface area (Å²) in [4.78, 5) is 42.4. The molecular formula is C26H47N3O4. The quantitative estimate of drug-likeness (QED) is 0.475. The highest BCUT2D eigenvalue weighted by molar-refractivity contribution is 5.91. The van der Waals surface area contributed by atoms with Crippen molar-refractivity contribution >= 4 is 17.8 Å². The molecule has 1 fully saturated rings. The summed E-state index contributed by atoms with van der Waals surface area (Å²) >= 11 is 0. The molecule has 2 N–H and O–H groups in total. The van der Waals surface area contributed by atoms with Crippen molar-refractivity contribution in [3.63, 3.8) is 0 Å². The molecule has 0 radical (unpaired) electrons. The van der Waals surface area contributed by atoms with Crippen LogP contribution in [0.3, 0.4) is 0 Å². The summed E-state index contributed by atoms with van der Waals surface area (Å²) in [7, 11) is 1.70. The summed E-state index contributed by atoms with van der Waals surface area (Å²) in [5.74, 6) is -1.26. The van der Waals surface area contributed by atoms with Crippen LogP contribution in [0.4, 0.5) is 0 Å². The molecule has 1 aliphatic rings. The molecule has 7 heteroatoms. The Bertz CT molecular complexity index is 707. The van der Waals surface area contributed by atoms with Gasteiger partial charge in [0.2, 0.25) is 11.8 Å². The second-order valence-corrected chi connectivity index (χ2v) is 10.9. The Morgan fingerprint density at radius 3 is 2.18 bits per heavy atom. The van der Waals surface area contributed by atoms with Gasteiger partial charge in [-0.2, -0.15) is 0 Å². The van der Waals surface area contributed by atoms with Crippen LogP contribution in [-0.4, -0.2) is 70.4 Å². The Balaban J connectivity index is 3.18. The van der Waals surface area contributed by atoms with Gasteiger partial charge < -0.3 is 15.3 Å². The lowest BCUT2D eigenvalue weighted by atomic mass is 9.84. The minimum Gasteiger partial charge on any atom is -0.478 e. The summed E-state index contributed by atoms with van der Waals surface area (Å²) in [5.41, 5.74) is -0.296. The van der Waals surface area contributed by atoms with Crippen LogP contribution in [0, 0.1) is 11.3 Å². The van der Waals surface area contributed by atoms with Crippen LogP contribution in [0.2, 0.25) is 0 Å². The van der Waals surface area contributed by atoms with Crippen molar-refractivity contribution in [1.82, 2.24) is 15.1 Å². The van der Waals surface area contributed by atoms with Crippen LogP contribution in [0.15, 0.2) is 11.6 Å². The predicted octanol–water partition coefficient (Wildman–Crippen LogP) is 4.07. The summed E-state index contributed by atoms with van der Waals surface area (Å²) < 4.78 is 0. The van der Waals surface area contributed by atoms with Gasteiger partial charge in [-0.3, -0.25) is 14.5 Å². The van der Waals surface area contributed by atoms with Gasteiger partial charge in [-0.25, -0.2) is 4.79 Å². The van der Waals surface area contributed by atoms with E-state index in [1.54, 1.807) is 18.0 Å². The van der Waals surface area contributed by atoms with E-state index in [0.717, 1.165) is 38.6 Å². The first-order valence-corrected chi connectivity index (χ1v) is 12.5. The van der Waals surface area contributed by atoms with E-state index in [0.29, 0.717) is 6.04 Å². The zero-order valence-corrected chi connectivity index (χ0v) is 22.3. The number of likely N-dealkylation sites (tertiary alicyclic amines) is 1. The van der Waals surface area contributed by atoms with Crippen LogP contribution >= 0.6 is 0 Å². The summed E-state index contributed by atoms with van der Waals surface area (Å²) in [5, 5.41) is 12.4. The Hall–Kier alpha value is -1.89. The number of rotatable bonds is 10. The zero-order chi connectivity index (χ0) is 25.5. The third-order valence-electron chi connectivity index (χ3n) is 6.89. The molecule has 1 rings (SSSR count). The van der Waals surface area contributed by atoms with Gasteiger partial charge in [0.15, 0.2) is 0 Å². The topological polar surface area (TPSA) is 90.0 Å². The molecule has 190 valence electrons. The van der Waals surface area contributed by atoms with E-state index in [4.69, 9.17) is 0 Å². The van der Waals surface area contributed by atoms with Gasteiger partial charge >= 0.3 is 5.97 Å². The summed E-state index contributed by atoms with van der Waals surface area (Å²) in [6.07, 6.45) is 6.53. The number of nitrogens with zero attached hydrogens (tertiary/aromatic N) is 2. The number of amides is 2. The molecule has 0 spiro atoms. The molecule has 1 saturated heterocycles. The molecule has 1 aliphatic heterocycles. The molecule has 1 heterocycles. The number of nitrogens with one attached hydrogen (secondary N) is 1. The van der Waals surface area contributed by atoms with E-state index in [-0.39, 0.29) is 35.4 Å². The van der Waals surface area contributed by atoms with E-state index < -0.39 is 17.4 Å². The van der Waals surface area contributed by atoms with Gasteiger partial charge in [-0.1, -0.05) is 61.0 Å². The third-order valence-corrected chi connectivity index (χ3v) is 6.89.